The fourth-order valence-corrected chi connectivity index (χ4v) is 2.99. The van der Waals surface area contributed by atoms with Crippen molar-refractivity contribution in [1.82, 2.24) is 4.90 Å². The molecule has 0 spiro atoms. The molecule has 1 saturated heterocycles. The van der Waals surface area contributed by atoms with Crippen LogP contribution in [0, 0.1) is 18.7 Å². The minimum absolute atomic E-state index is 0.0758. The van der Waals surface area contributed by atoms with Gasteiger partial charge in [-0.1, -0.05) is 17.7 Å². The van der Waals surface area contributed by atoms with Crippen molar-refractivity contribution in [3.63, 3.8) is 0 Å². The SMILES string of the molecule is Cc1ccc(NC(=O)[C@H]2CCCN(C(=O)Nc3ccc(F)cc3)C2)cc1. The van der Waals surface area contributed by atoms with Crippen LogP contribution in [0.1, 0.15) is 18.4 Å². The number of piperidine rings is 1. The van der Waals surface area contributed by atoms with E-state index in [1.807, 2.05) is 31.2 Å². The largest absolute Gasteiger partial charge is 0.326 e. The van der Waals surface area contributed by atoms with Crippen molar-refractivity contribution < 1.29 is 14.0 Å². The molecule has 26 heavy (non-hydrogen) atoms. The highest BCUT2D eigenvalue weighted by Crippen LogP contribution is 2.20. The Balaban J connectivity index is 1.57. The summed E-state index contributed by atoms with van der Waals surface area (Å²) in [6.45, 7) is 2.95. The number of rotatable bonds is 3. The molecule has 0 unspecified atom stereocenters. The topological polar surface area (TPSA) is 61.4 Å². The van der Waals surface area contributed by atoms with Gasteiger partial charge in [-0.15, -0.1) is 0 Å². The molecule has 2 aromatic rings. The quantitative estimate of drug-likeness (QED) is 0.874. The van der Waals surface area contributed by atoms with Crippen LogP contribution < -0.4 is 10.6 Å². The van der Waals surface area contributed by atoms with Crippen LogP contribution in [0.5, 0.6) is 0 Å². The molecule has 6 heteroatoms. The van der Waals surface area contributed by atoms with Gasteiger partial charge in [0.15, 0.2) is 0 Å². The predicted molar refractivity (Wildman–Crippen MR) is 99.5 cm³/mol. The van der Waals surface area contributed by atoms with Crippen LogP contribution >= 0.6 is 0 Å². The fourth-order valence-electron chi connectivity index (χ4n) is 2.99. The molecule has 1 aliphatic rings. The van der Waals surface area contributed by atoms with Crippen molar-refractivity contribution in [3.05, 3.63) is 59.9 Å². The van der Waals surface area contributed by atoms with Crippen LogP contribution in [0.2, 0.25) is 0 Å². The van der Waals surface area contributed by atoms with E-state index in [-0.39, 0.29) is 23.7 Å². The summed E-state index contributed by atoms with van der Waals surface area (Å²) in [6, 6.07) is 13.0. The molecule has 1 atom stereocenters. The van der Waals surface area contributed by atoms with Gasteiger partial charge in [0.2, 0.25) is 5.91 Å². The minimum Gasteiger partial charge on any atom is -0.326 e. The molecule has 5 nitrogen and oxygen atoms in total. The molecule has 0 radical (unpaired) electrons. The second kappa shape index (κ2) is 7.99. The maximum Gasteiger partial charge on any atom is 0.321 e. The Morgan fingerprint density at radius 2 is 1.62 bits per heavy atom. The first kappa shape index (κ1) is 17.9. The molecule has 3 rings (SSSR count). The molecule has 1 fully saturated rings. The van der Waals surface area contributed by atoms with Crippen molar-refractivity contribution >= 4 is 23.3 Å². The van der Waals surface area contributed by atoms with Gasteiger partial charge in [-0.05, 0) is 56.2 Å². The van der Waals surface area contributed by atoms with Crippen molar-refractivity contribution in [3.8, 4) is 0 Å². The maximum absolute atomic E-state index is 13.0. The smallest absolute Gasteiger partial charge is 0.321 e. The predicted octanol–water partition coefficient (Wildman–Crippen LogP) is 4.02. The monoisotopic (exact) mass is 355 g/mol. The van der Waals surface area contributed by atoms with Crippen molar-refractivity contribution in [2.75, 3.05) is 23.7 Å². The normalized spacial score (nSPS) is 16.8. The van der Waals surface area contributed by atoms with Crippen LogP contribution in [0.4, 0.5) is 20.6 Å². The van der Waals surface area contributed by atoms with Crippen LogP contribution in [0.3, 0.4) is 0 Å². The average molecular weight is 355 g/mol. The summed E-state index contributed by atoms with van der Waals surface area (Å²) in [4.78, 5) is 26.5. The third-order valence-electron chi connectivity index (χ3n) is 4.49. The Labute approximate surface area is 152 Å². The van der Waals surface area contributed by atoms with Gasteiger partial charge in [-0.25, -0.2) is 9.18 Å². The number of hydrogen-bond donors (Lipinski definition) is 2. The standard InChI is InChI=1S/C20H22FN3O2/c1-14-4-8-17(9-5-14)22-19(25)15-3-2-12-24(13-15)20(26)23-18-10-6-16(21)7-11-18/h4-11,15H,2-3,12-13H2,1H3,(H,22,25)(H,23,26)/t15-/m0/s1. The number of carbonyl (C=O) groups is 2. The van der Waals surface area contributed by atoms with E-state index in [4.69, 9.17) is 0 Å². The molecule has 0 aliphatic carbocycles. The zero-order valence-electron chi connectivity index (χ0n) is 14.7. The Bertz CT molecular complexity index is 709. The average Bonchev–Trinajstić information content (AvgIpc) is 2.65. The third-order valence-corrected chi connectivity index (χ3v) is 4.49. The number of nitrogens with zero attached hydrogens (tertiary/aromatic N) is 1. The zero-order valence-corrected chi connectivity index (χ0v) is 14.7. The van der Waals surface area contributed by atoms with Crippen LogP contribution in [-0.2, 0) is 4.79 Å². The summed E-state index contributed by atoms with van der Waals surface area (Å²) in [6.07, 6.45) is 1.51. The molecular weight excluding hydrogens is 333 g/mol. The lowest BCUT2D eigenvalue weighted by molar-refractivity contribution is -0.121. The second-order valence-electron chi connectivity index (χ2n) is 6.58. The molecule has 1 aliphatic heterocycles. The number of aryl methyl sites for hydroxylation is 1. The van der Waals surface area contributed by atoms with E-state index < -0.39 is 0 Å². The molecule has 0 aromatic heterocycles. The van der Waals surface area contributed by atoms with E-state index in [0.29, 0.717) is 18.8 Å². The highest BCUT2D eigenvalue weighted by molar-refractivity contribution is 5.94. The van der Waals surface area contributed by atoms with Crippen molar-refractivity contribution in [2.24, 2.45) is 5.92 Å². The Morgan fingerprint density at radius 1 is 1.00 bits per heavy atom. The van der Waals surface area contributed by atoms with Gasteiger partial charge in [0.1, 0.15) is 5.82 Å². The number of hydrogen-bond acceptors (Lipinski definition) is 2. The van der Waals surface area contributed by atoms with E-state index in [1.165, 1.54) is 24.3 Å². The molecule has 1 heterocycles. The number of anilines is 2. The Kier molecular flexibility index (Phi) is 5.51. The summed E-state index contributed by atoms with van der Waals surface area (Å²) >= 11 is 0. The molecule has 0 bridgehead atoms. The van der Waals surface area contributed by atoms with Gasteiger partial charge < -0.3 is 15.5 Å². The molecule has 136 valence electrons. The molecular formula is C20H22FN3O2. The summed E-state index contributed by atoms with van der Waals surface area (Å²) in [7, 11) is 0. The first-order chi connectivity index (χ1) is 12.5. The van der Waals surface area contributed by atoms with E-state index >= 15 is 0 Å². The number of nitrogens with one attached hydrogen (secondary N) is 2. The lowest BCUT2D eigenvalue weighted by Gasteiger charge is -2.32. The highest BCUT2D eigenvalue weighted by Gasteiger charge is 2.28. The van der Waals surface area contributed by atoms with Gasteiger partial charge in [0.05, 0.1) is 5.92 Å². The van der Waals surface area contributed by atoms with E-state index in [9.17, 15) is 14.0 Å². The zero-order chi connectivity index (χ0) is 18.5. The minimum atomic E-state index is -0.353. The van der Waals surface area contributed by atoms with Gasteiger partial charge in [-0.2, -0.15) is 0 Å². The van der Waals surface area contributed by atoms with Crippen LogP contribution in [0.15, 0.2) is 48.5 Å². The number of halogens is 1. The van der Waals surface area contributed by atoms with Gasteiger partial charge >= 0.3 is 6.03 Å². The summed E-state index contributed by atoms with van der Waals surface area (Å²) in [5.74, 6) is -0.675. The van der Waals surface area contributed by atoms with Crippen molar-refractivity contribution in [2.45, 2.75) is 19.8 Å². The Morgan fingerprint density at radius 3 is 2.31 bits per heavy atom. The third kappa shape index (κ3) is 4.59. The number of carbonyl (C=O) groups excluding carboxylic acids is 2. The van der Waals surface area contributed by atoms with E-state index in [2.05, 4.69) is 10.6 Å². The van der Waals surface area contributed by atoms with E-state index in [1.54, 1.807) is 4.90 Å². The first-order valence-electron chi connectivity index (χ1n) is 8.70. The van der Waals surface area contributed by atoms with Crippen molar-refractivity contribution in [1.29, 1.82) is 0 Å². The number of benzene rings is 2. The fraction of sp³-hybridized carbons (Fsp3) is 0.300. The molecule has 2 aromatic carbocycles. The number of likely N-dealkylation sites (tertiary alicyclic amines) is 1. The van der Waals surface area contributed by atoms with Crippen LogP contribution in [0.25, 0.3) is 0 Å². The molecule has 2 N–H and O–H groups in total. The lowest BCUT2D eigenvalue weighted by atomic mass is 9.97. The molecule has 0 saturated carbocycles. The first-order valence-corrected chi connectivity index (χ1v) is 8.70. The maximum atomic E-state index is 13.0. The van der Waals surface area contributed by atoms with Gasteiger partial charge in [0.25, 0.3) is 0 Å². The molecule has 3 amide bonds. The number of amides is 3. The van der Waals surface area contributed by atoms with Gasteiger partial charge in [0, 0.05) is 24.5 Å². The van der Waals surface area contributed by atoms with Crippen LogP contribution in [-0.4, -0.2) is 29.9 Å². The summed E-state index contributed by atoms with van der Waals surface area (Å²) in [5.41, 5.74) is 2.42. The highest BCUT2D eigenvalue weighted by atomic mass is 19.1. The summed E-state index contributed by atoms with van der Waals surface area (Å²) < 4.78 is 13.0. The van der Waals surface area contributed by atoms with E-state index in [0.717, 1.165) is 24.1 Å². The summed E-state index contributed by atoms with van der Waals surface area (Å²) in [5, 5.41) is 5.66. The number of urea groups is 1. The van der Waals surface area contributed by atoms with Gasteiger partial charge in [-0.3, -0.25) is 4.79 Å². The lowest BCUT2D eigenvalue weighted by Crippen LogP contribution is -2.45. The second-order valence-corrected chi connectivity index (χ2v) is 6.58. The Hall–Kier alpha value is -2.89.